The maximum atomic E-state index is 12.0. The quantitative estimate of drug-likeness (QED) is 0.837. The summed E-state index contributed by atoms with van der Waals surface area (Å²) >= 11 is 0. The van der Waals surface area contributed by atoms with Crippen molar-refractivity contribution in [2.75, 3.05) is 0 Å². The standard InChI is InChI=1S/C13H22N4O/c1-8(2)12(14)13(18)16-10-5-4-6-11-9(10)7-15-17(11)3/h7-8,10,12H,4-6,14H2,1-3H3,(H,16,18)/t10?,12-/m0/s1. The first-order chi connectivity index (χ1) is 8.50. The second kappa shape index (κ2) is 5.10. The maximum absolute atomic E-state index is 12.0. The molecule has 0 aromatic carbocycles. The highest BCUT2D eigenvalue weighted by Crippen LogP contribution is 2.29. The Kier molecular flexibility index (Phi) is 3.71. The Hall–Kier alpha value is -1.36. The van der Waals surface area contributed by atoms with Crippen molar-refractivity contribution in [2.24, 2.45) is 18.7 Å². The van der Waals surface area contributed by atoms with Crippen LogP contribution in [0.3, 0.4) is 0 Å². The second-order valence-corrected chi connectivity index (χ2v) is 5.39. The Labute approximate surface area is 108 Å². The molecule has 1 aromatic rings. The number of amides is 1. The minimum atomic E-state index is -0.438. The summed E-state index contributed by atoms with van der Waals surface area (Å²) < 4.78 is 1.90. The van der Waals surface area contributed by atoms with E-state index in [9.17, 15) is 4.79 Å². The van der Waals surface area contributed by atoms with E-state index in [0.29, 0.717) is 0 Å². The Morgan fingerprint density at radius 2 is 2.33 bits per heavy atom. The molecule has 1 amide bonds. The molecule has 2 atom stereocenters. The van der Waals surface area contributed by atoms with Crippen LogP contribution in [0.4, 0.5) is 0 Å². The molecule has 0 fully saturated rings. The van der Waals surface area contributed by atoms with Crippen LogP contribution < -0.4 is 11.1 Å². The third-order valence-corrected chi connectivity index (χ3v) is 3.71. The van der Waals surface area contributed by atoms with E-state index >= 15 is 0 Å². The van der Waals surface area contributed by atoms with Gasteiger partial charge in [0.2, 0.25) is 5.91 Å². The summed E-state index contributed by atoms with van der Waals surface area (Å²) in [5.41, 5.74) is 8.24. The van der Waals surface area contributed by atoms with Crippen LogP contribution in [0.5, 0.6) is 0 Å². The zero-order chi connectivity index (χ0) is 13.3. The van der Waals surface area contributed by atoms with Crippen LogP contribution in [0, 0.1) is 5.92 Å². The number of aryl methyl sites for hydroxylation is 1. The molecule has 1 aromatic heterocycles. The second-order valence-electron chi connectivity index (χ2n) is 5.39. The molecule has 1 heterocycles. The predicted octanol–water partition coefficient (Wildman–Crippen LogP) is 0.897. The van der Waals surface area contributed by atoms with Gasteiger partial charge in [-0.15, -0.1) is 0 Å². The number of hydrogen-bond acceptors (Lipinski definition) is 3. The third-order valence-electron chi connectivity index (χ3n) is 3.71. The monoisotopic (exact) mass is 250 g/mol. The van der Waals surface area contributed by atoms with Crippen LogP contribution in [-0.2, 0) is 18.3 Å². The first-order valence-corrected chi connectivity index (χ1v) is 6.57. The van der Waals surface area contributed by atoms with Crippen LogP contribution in [0.15, 0.2) is 6.20 Å². The number of nitrogens with zero attached hydrogens (tertiary/aromatic N) is 2. The van der Waals surface area contributed by atoms with Crippen molar-refractivity contribution in [2.45, 2.75) is 45.2 Å². The summed E-state index contributed by atoms with van der Waals surface area (Å²) in [4.78, 5) is 12.0. The normalized spacial score (nSPS) is 20.6. The molecule has 0 aliphatic heterocycles. The zero-order valence-electron chi connectivity index (χ0n) is 11.3. The lowest BCUT2D eigenvalue weighted by atomic mass is 9.92. The first kappa shape index (κ1) is 13.1. The molecule has 1 aliphatic rings. The van der Waals surface area contributed by atoms with Crippen LogP contribution in [0.1, 0.15) is 44.0 Å². The van der Waals surface area contributed by atoms with Crippen molar-refractivity contribution in [1.82, 2.24) is 15.1 Å². The number of aromatic nitrogens is 2. The summed E-state index contributed by atoms with van der Waals surface area (Å²) in [6.45, 7) is 3.92. The van der Waals surface area contributed by atoms with Gasteiger partial charge in [0.05, 0.1) is 18.3 Å². The molecule has 18 heavy (non-hydrogen) atoms. The fourth-order valence-electron chi connectivity index (χ4n) is 2.43. The molecule has 0 saturated heterocycles. The number of carbonyl (C=O) groups is 1. The minimum absolute atomic E-state index is 0.0632. The number of carbonyl (C=O) groups excluding carboxylic acids is 1. The summed E-state index contributed by atoms with van der Waals surface area (Å²) in [6.07, 6.45) is 4.94. The molecule has 0 spiro atoms. The molecule has 2 rings (SSSR count). The molecule has 1 unspecified atom stereocenters. The fourth-order valence-corrected chi connectivity index (χ4v) is 2.43. The number of fused-ring (bicyclic) bond motifs is 1. The van der Waals surface area contributed by atoms with Gasteiger partial charge in [0, 0.05) is 18.3 Å². The molecular formula is C13H22N4O. The van der Waals surface area contributed by atoms with E-state index in [4.69, 9.17) is 5.73 Å². The largest absolute Gasteiger partial charge is 0.348 e. The molecule has 0 radical (unpaired) electrons. The van der Waals surface area contributed by atoms with Crippen LogP contribution >= 0.6 is 0 Å². The smallest absolute Gasteiger partial charge is 0.237 e. The van der Waals surface area contributed by atoms with Gasteiger partial charge < -0.3 is 11.1 Å². The topological polar surface area (TPSA) is 72.9 Å². The van der Waals surface area contributed by atoms with Crippen LogP contribution in [-0.4, -0.2) is 21.7 Å². The zero-order valence-corrected chi connectivity index (χ0v) is 11.3. The van der Waals surface area contributed by atoms with Gasteiger partial charge in [-0.2, -0.15) is 5.10 Å². The van der Waals surface area contributed by atoms with Gasteiger partial charge in [-0.25, -0.2) is 0 Å². The average Bonchev–Trinajstić information content (AvgIpc) is 2.71. The van der Waals surface area contributed by atoms with E-state index in [1.54, 1.807) is 0 Å². The minimum Gasteiger partial charge on any atom is -0.348 e. The lowest BCUT2D eigenvalue weighted by molar-refractivity contribution is -0.124. The Bertz CT molecular complexity index is 438. The highest BCUT2D eigenvalue weighted by molar-refractivity contribution is 5.82. The van der Waals surface area contributed by atoms with Crippen molar-refractivity contribution < 1.29 is 4.79 Å². The van der Waals surface area contributed by atoms with Crippen molar-refractivity contribution in [3.8, 4) is 0 Å². The van der Waals surface area contributed by atoms with E-state index in [1.807, 2.05) is 31.8 Å². The molecule has 3 N–H and O–H groups in total. The molecule has 100 valence electrons. The van der Waals surface area contributed by atoms with Crippen molar-refractivity contribution in [3.05, 3.63) is 17.5 Å². The van der Waals surface area contributed by atoms with Gasteiger partial charge in [0.1, 0.15) is 0 Å². The fraction of sp³-hybridized carbons (Fsp3) is 0.692. The number of rotatable bonds is 3. The van der Waals surface area contributed by atoms with Gasteiger partial charge >= 0.3 is 0 Å². The number of nitrogens with two attached hydrogens (primary N) is 1. The van der Waals surface area contributed by atoms with Gasteiger partial charge in [0.15, 0.2) is 0 Å². The highest BCUT2D eigenvalue weighted by atomic mass is 16.2. The van der Waals surface area contributed by atoms with Crippen molar-refractivity contribution >= 4 is 5.91 Å². The van der Waals surface area contributed by atoms with Gasteiger partial charge in [-0.3, -0.25) is 9.48 Å². The Balaban J connectivity index is 2.10. The van der Waals surface area contributed by atoms with E-state index in [1.165, 1.54) is 5.69 Å². The maximum Gasteiger partial charge on any atom is 0.237 e. The van der Waals surface area contributed by atoms with E-state index in [0.717, 1.165) is 24.8 Å². The van der Waals surface area contributed by atoms with Crippen LogP contribution in [0.2, 0.25) is 0 Å². The molecule has 5 heteroatoms. The Morgan fingerprint density at radius 3 is 3.00 bits per heavy atom. The molecule has 0 bridgehead atoms. The predicted molar refractivity (Wildman–Crippen MR) is 69.8 cm³/mol. The average molecular weight is 250 g/mol. The summed E-state index contributed by atoms with van der Waals surface area (Å²) in [5, 5.41) is 7.32. The highest BCUT2D eigenvalue weighted by Gasteiger charge is 2.27. The molecular weight excluding hydrogens is 228 g/mol. The van der Waals surface area contributed by atoms with E-state index < -0.39 is 6.04 Å². The number of nitrogens with one attached hydrogen (secondary N) is 1. The van der Waals surface area contributed by atoms with Crippen LogP contribution in [0.25, 0.3) is 0 Å². The molecule has 0 saturated carbocycles. The van der Waals surface area contributed by atoms with Gasteiger partial charge in [-0.05, 0) is 25.2 Å². The van der Waals surface area contributed by atoms with Crippen molar-refractivity contribution in [3.63, 3.8) is 0 Å². The molecule has 5 nitrogen and oxygen atoms in total. The first-order valence-electron chi connectivity index (χ1n) is 6.57. The lowest BCUT2D eigenvalue weighted by Gasteiger charge is -2.26. The van der Waals surface area contributed by atoms with Gasteiger partial charge in [0.25, 0.3) is 0 Å². The summed E-state index contributed by atoms with van der Waals surface area (Å²) in [5.74, 6) is 0.0914. The van der Waals surface area contributed by atoms with E-state index in [-0.39, 0.29) is 17.9 Å². The SMILES string of the molecule is CC(C)[C@H](N)C(=O)NC1CCCc2c1cnn2C. The van der Waals surface area contributed by atoms with Crippen molar-refractivity contribution in [1.29, 1.82) is 0 Å². The lowest BCUT2D eigenvalue weighted by Crippen LogP contribution is -2.45. The molecule has 1 aliphatic carbocycles. The Morgan fingerprint density at radius 1 is 1.61 bits per heavy atom. The third kappa shape index (κ3) is 2.41. The number of hydrogen-bond donors (Lipinski definition) is 2. The van der Waals surface area contributed by atoms with Gasteiger partial charge in [-0.1, -0.05) is 13.8 Å². The van der Waals surface area contributed by atoms with E-state index in [2.05, 4.69) is 10.4 Å². The summed E-state index contributed by atoms with van der Waals surface area (Å²) in [7, 11) is 1.95. The summed E-state index contributed by atoms with van der Waals surface area (Å²) in [6, 6.07) is -0.369.